The second-order valence-corrected chi connectivity index (χ2v) is 5.93. The van der Waals surface area contributed by atoms with E-state index in [0.29, 0.717) is 11.7 Å². The molecule has 2 rings (SSSR count). The van der Waals surface area contributed by atoms with E-state index in [1.165, 1.54) is 19.3 Å². The number of hydrogen-bond donors (Lipinski definition) is 2. The molecule has 0 radical (unpaired) electrons. The van der Waals surface area contributed by atoms with Crippen LogP contribution in [-0.2, 0) is 5.54 Å². The molecular formula is C16H25NO. The highest BCUT2D eigenvalue weighted by Gasteiger charge is 2.34. The minimum atomic E-state index is -0.0317. The maximum absolute atomic E-state index is 10.2. The average molecular weight is 247 g/mol. The maximum atomic E-state index is 10.2. The normalized spacial score (nSPS) is 25.1. The highest BCUT2D eigenvalue weighted by molar-refractivity contribution is 5.38. The number of phenols is 1. The Balaban J connectivity index is 2.37. The second-order valence-electron chi connectivity index (χ2n) is 5.93. The van der Waals surface area contributed by atoms with E-state index in [1.807, 2.05) is 18.2 Å². The Morgan fingerprint density at radius 3 is 2.72 bits per heavy atom. The number of hydrogen-bond acceptors (Lipinski definition) is 2. The molecule has 0 bridgehead atoms. The van der Waals surface area contributed by atoms with Gasteiger partial charge >= 0.3 is 0 Å². The lowest BCUT2D eigenvalue weighted by atomic mass is 9.78. The molecule has 1 saturated heterocycles. The summed E-state index contributed by atoms with van der Waals surface area (Å²) in [6, 6.07) is 7.82. The van der Waals surface area contributed by atoms with Crippen LogP contribution in [-0.4, -0.2) is 11.7 Å². The zero-order chi connectivity index (χ0) is 13.0. The lowest BCUT2D eigenvalue weighted by molar-refractivity contribution is 0.255. The summed E-state index contributed by atoms with van der Waals surface area (Å²) in [7, 11) is 0. The fourth-order valence-corrected chi connectivity index (χ4v) is 3.23. The summed E-state index contributed by atoms with van der Waals surface area (Å²) in [5, 5.41) is 13.9. The Bertz CT molecular complexity index is 378. The number of rotatable bonds is 3. The van der Waals surface area contributed by atoms with Crippen LogP contribution in [0.25, 0.3) is 0 Å². The molecule has 1 aliphatic rings. The largest absolute Gasteiger partial charge is 0.508 e. The van der Waals surface area contributed by atoms with Crippen molar-refractivity contribution in [1.29, 1.82) is 0 Å². The van der Waals surface area contributed by atoms with Gasteiger partial charge in [0.25, 0.3) is 0 Å². The fraction of sp³-hybridized carbons (Fsp3) is 0.625. The standard InChI is InChI=1S/C16H25NO/c1-13(2)12-16(10-6-3-7-11-17-16)14-8-4-5-9-15(14)18/h4-5,8-9,13,17-18H,3,6-7,10-12H2,1-2H3. The van der Waals surface area contributed by atoms with Gasteiger partial charge < -0.3 is 10.4 Å². The van der Waals surface area contributed by atoms with Gasteiger partial charge in [0.1, 0.15) is 5.75 Å². The van der Waals surface area contributed by atoms with E-state index in [-0.39, 0.29) is 5.54 Å². The van der Waals surface area contributed by atoms with E-state index >= 15 is 0 Å². The molecule has 0 spiro atoms. The van der Waals surface area contributed by atoms with Gasteiger partial charge in [0.05, 0.1) is 0 Å². The zero-order valence-electron chi connectivity index (χ0n) is 11.6. The van der Waals surface area contributed by atoms with E-state index in [4.69, 9.17) is 0 Å². The maximum Gasteiger partial charge on any atom is 0.120 e. The third kappa shape index (κ3) is 2.86. The third-order valence-corrected chi connectivity index (χ3v) is 3.92. The number of aromatic hydroxyl groups is 1. The molecule has 2 N–H and O–H groups in total. The summed E-state index contributed by atoms with van der Waals surface area (Å²) in [5.74, 6) is 1.06. The molecule has 1 aliphatic heterocycles. The van der Waals surface area contributed by atoms with Crippen molar-refractivity contribution in [2.75, 3.05) is 6.54 Å². The zero-order valence-corrected chi connectivity index (χ0v) is 11.6. The second kappa shape index (κ2) is 5.75. The van der Waals surface area contributed by atoms with Gasteiger partial charge in [-0.1, -0.05) is 44.9 Å². The van der Waals surface area contributed by atoms with Crippen molar-refractivity contribution in [2.45, 2.75) is 51.5 Å². The molecule has 0 aromatic heterocycles. The van der Waals surface area contributed by atoms with E-state index in [2.05, 4.69) is 25.2 Å². The monoisotopic (exact) mass is 247 g/mol. The number of benzene rings is 1. The fourth-order valence-electron chi connectivity index (χ4n) is 3.23. The van der Waals surface area contributed by atoms with Crippen LogP contribution < -0.4 is 5.32 Å². The Hall–Kier alpha value is -1.02. The summed E-state index contributed by atoms with van der Waals surface area (Å²) < 4.78 is 0. The molecule has 18 heavy (non-hydrogen) atoms. The summed E-state index contributed by atoms with van der Waals surface area (Å²) in [6.07, 6.45) is 6.00. The Morgan fingerprint density at radius 1 is 1.22 bits per heavy atom. The van der Waals surface area contributed by atoms with Gasteiger partial charge in [-0.05, 0) is 37.8 Å². The van der Waals surface area contributed by atoms with Crippen LogP contribution in [0.1, 0.15) is 51.5 Å². The van der Waals surface area contributed by atoms with Gasteiger partial charge in [0.15, 0.2) is 0 Å². The van der Waals surface area contributed by atoms with Crippen LogP contribution in [0.4, 0.5) is 0 Å². The minimum Gasteiger partial charge on any atom is -0.508 e. The molecule has 1 aromatic carbocycles. The molecule has 1 unspecified atom stereocenters. The van der Waals surface area contributed by atoms with Crippen molar-refractivity contribution in [3.8, 4) is 5.75 Å². The molecule has 2 heteroatoms. The lowest BCUT2D eigenvalue weighted by Gasteiger charge is -2.36. The predicted octanol–water partition coefficient (Wildman–Crippen LogP) is 3.80. The van der Waals surface area contributed by atoms with Crippen molar-refractivity contribution in [3.63, 3.8) is 0 Å². The van der Waals surface area contributed by atoms with Crippen molar-refractivity contribution >= 4 is 0 Å². The molecule has 100 valence electrons. The topological polar surface area (TPSA) is 32.3 Å². The number of phenolic OH excluding ortho intramolecular Hbond substituents is 1. The third-order valence-electron chi connectivity index (χ3n) is 3.92. The van der Waals surface area contributed by atoms with Crippen LogP contribution in [0.15, 0.2) is 24.3 Å². The number of para-hydroxylation sites is 1. The molecule has 0 aliphatic carbocycles. The summed E-state index contributed by atoms with van der Waals surface area (Å²) in [4.78, 5) is 0. The van der Waals surface area contributed by atoms with Crippen LogP contribution in [0, 0.1) is 5.92 Å². The lowest BCUT2D eigenvalue weighted by Crippen LogP contribution is -2.43. The van der Waals surface area contributed by atoms with Gasteiger partial charge in [0, 0.05) is 11.1 Å². The molecule has 1 atom stereocenters. The smallest absolute Gasteiger partial charge is 0.120 e. The molecule has 1 fully saturated rings. The Morgan fingerprint density at radius 2 is 2.00 bits per heavy atom. The van der Waals surface area contributed by atoms with Crippen molar-refractivity contribution in [1.82, 2.24) is 5.32 Å². The summed E-state index contributed by atoms with van der Waals surface area (Å²) >= 11 is 0. The predicted molar refractivity (Wildman–Crippen MR) is 75.7 cm³/mol. The highest BCUT2D eigenvalue weighted by atomic mass is 16.3. The van der Waals surface area contributed by atoms with Gasteiger partial charge in [-0.25, -0.2) is 0 Å². The first kappa shape index (κ1) is 13.4. The molecule has 1 heterocycles. The van der Waals surface area contributed by atoms with Crippen LogP contribution >= 0.6 is 0 Å². The van der Waals surface area contributed by atoms with Crippen LogP contribution in [0.5, 0.6) is 5.75 Å². The van der Waals surface area contributed by atoms with Crippen molar-refractivity contribution in [2.24, 2.45) is 5.92 Å². The quantitative estimate of drug-likeness (QED) is 0.851. The van der Waals surface area contributed by atoms with Crippen LogP contribution in [0.3, 0.4) is 0 Å². The van der Waals surface area contributed by atoms with E-state index in [1.54, 1.807) is 0 Å². The molecule has 0 amide bonds. The molecule has 1 aromatic rings. The van der Waals surface area contributed by atoms with E-state index in [0.717, 1.165) is 24.9 Å². The van der Waals surface area contributed by atoms with E-state index in [9.17, 15) is 5.11 Å². The van der Waals surface area contributed by atoms with Gasteiger partial charge in [0.2, 0.25) is 0 Å². The Kier molecular flexibility index (Phi) is 4.28. The summed E-state index contributed by atoms with van der Waals surface area (Å²) in [6.45, 7) is 5.57. The first-order chi connectivity index (χ1) is 8.64. The van der Waals surface area contributed by atoms with Crippen molar-refractivity contribution < 1.29 is 5.11 Å². The Labute approximate surface area is 110 Å². The SMILES string of the molecule is CC(C)CC1(c2ccccc2O)CCCCCN1. The number of nitrogens with one attached hydrogen (secondary N) is 1. The van der Waals surface area contributed by atoms with Gasteiger partial charge in [-0.2, -0.15) is 0 Å². The highest BCUT2D eigenvalue weighted by Crippen LogP contribution is 2.39. The first-order valence-corrected chi connectivity index (χ1v) is 7.17. The average Bonchev–Trinajstić information content (AvgIpc) is 2.55. The van der Waals surface area contributed by atoms with Gasteiger partial charge in [-0.3, -0.25) is 0 Å². The minimum absolute atomic E-state index is 0.0317. The van der Waals surface area contributed by atoms with Crippen LogP contribution in [0.2, 0.25) is 0 Å². The van der Waals surface area contributed by atoms with E-state index < -0.39 is 0 Å². The first-order valence-electron chi connectivity index (χ1n) is 7.17. The molecular weight excluding hydrogens is 222 g/mol. The van der Waals surface area contributed by atoms with Crippen molar-refractivity contribution in [3.05, 3.63) is 29.8 Å². The molecule has 0 saturated carbocycles. The van der Waals surface area contributed by atoms with Gasteiger partial charge in [-0.15, -0.1) is 0 Å². The summed E-state index contributed by atoms with van der Waals surface area (Å²) in [5.41, 5.74) is 1.05. The molecule has 2 nitrogen and oxygen atoms in total.